The molecule has 0 spiro atoms. The summed E-state index contributed by atoms with van der Waals surface area (Å²) >= 11 is 1.06. The molecule has 2 atom stereocenters. The average molecular weight is 355 g/mol. The van der Waals surface area contributed by atoms with Crippen LogP contribution in [0.4, 0.5) is 13.2 Å². The number of halogens is 3. The van der Waals surface area contributed by atoms with Gasteiger partial charge >= 0.3 is 6.18 Å². The minimum absolute atomic E-state index is 0.0328. The Morgan fingerprint density at radius 2 is 2.08 bits per heavy atom. The van der Waals surface area contributed by atoms with Gasteiger partial charge in [-0.15, -0.1) is 11.3 Å². The lowest BCUT2D eigenvalue weighted by Crippen LogP contribution is -2.46. The number of fused-ring (bicyclic) bond motifs is 4. The minimum atomic E-state index is -4.38. The molecule has 2 aliphatic rings. The van der Waals surface area contributed by atoms with Crippen molar-refractivity contribution in [3.8, 4) is 0 Å². The van der Waals surface area contributed by atoms with Gasteiger partial charge in [-0.1, -0.05) is 6.07 Å². The Labute approximate surface area is 140 Å². The lowest BCUT2D eigenvalue weighted by Gasteiger charge is -2.42. The van der Waals surface area contributed by atoms with Crippen LogP contribution in [0.1, 0.15) is 28.7 Å². The van der Waals surface area contributed by atoms with Crippen molar-refractivity contribution in [3.05, 3.63) is 50.3 Å². The van der Waals surface area contributed by atoms with Crippen LogP contribution in [0.3, 0.4) is 0 Å². The Morgan fingerprint density at radius 1 is 1.25 bits per heavy atom. The van der Waals surface area contributed by atoms with Crippen LogP contribution in [-0.2, 0) is 19.3 Å². The second-order valence-electron chi connectivity index (χ2n) is 6.52. The SMILES string of the molecule is O=c1cccc2n1C[C@H]1C[C@@H]2CN(Cc2nc(C(F)(F)F)cs2)C1. The number of aromatic nitrogens is 2. The quantitative estimate of drug-likeness (QED) is 0.831. The number of rotatable bonds is 2. The van der Waals surface area contributed by atoms with Crippen LogP contribution in [-0.4, -0.2) is 27.5 Å². The molecule has 1 saturated heterocycles. The molecule has 128 valence electrons. The maximum absolute atomic E-state index is 12.7. The fourth-order valence-corrected chi connectivity index (χ4v) is 4.67. The van der Waals surface area contributed by atoms with Gasteiger partial charge < -0.3 is 4.57 Å². The van der Waals surface area contributed by atoms with Gasteiger partial charge in [0.2, 0.25) is 0 Å². The molecule has 1 fully saturated rings. The lowest BCUT2D eigenvalue weighted by molar-refractivity contribution is -0.140. The maximum Gasteiger partial charge on any atom is 0.434 e. The molecule has 2 aromatic heterocycles. The van der Waals surface area contributed by atoms with Crippen LogP contribution in [0.25, 0.3) is 0 Å². The summed E-state index contributed by atoms with van der Waals surface area (Å²) in [6.45, 7) is 2.66. The Hall–Kier alpha value is -1.67. The van der Waals surface area contributed by atoms with Gasteiger partial charge in [0, 0.05) is 42.7 Å². The van der Waals surface area contributed by atoms with Gasteiger partial charge in [-0.3, -0.25) is 9.69 Å². The molecule has 0 aromatic carbocycles. The monoisotopic (exact) mass is 355 g/mol. The lowest BCUT2D eigenvalue weighted by atomic mass is 9.83. The number of likely N-dealkylation sites (tertiary alicyclic amines) is 1. The van der Waals surface area contributed by atoms with Gasteiger partial charge in [-0.25, -0.2) is 4.98 Å². The topological polar surface area (TPSA) is 38.1 Å². The van der Waals surface area contributed by atoms with Gasteiger partial charge in [-0.2, -0.15) is 13.2 Å². The number of hydrogen-bond donors (Lipinski definition) is 0. The number of nitrogens with zero attached hydrogens (tertiary/aromatic N) is 3. The molecule has 0 radical (unpaired) electrons. The predicted molar refractivity (Wildman–Crippen MR) is 83.9 cm³/mol. The average Bonchev–Trinajstić information content (AvgIpc) is 2.97. The fraction of sp³-hybridized carbons (Fsp3) is 0.500. The number of hydrogen-bond acceptors (Lipinski definition) is 4. The normalized spacial score (nSPS) is 24.0. The Bertz CT molecular complexity index is 813. The second kappa shape index (κ2) is 5.70. The number of piperidine rings is 1. The van der Waals surface area contributed by atoms with Crippen molar-refractivity contribution in [2.75, 3.05) is 13.1 Å². The van der Waals surface area contributed by atoms with E-state index in [0.29, 0.717) is 24.0 Å². The van der Waals surface area contributed by atoms with Crippen LogP contribution < -0.4 is 5.56 Å². The highest BCUT2D eigenvalue weighted by atomic mass is 32.1. The molecular weight excluding hydrogens is 339 g/mol. The van der Waals surface area contributed by atoms with Crippen molar-refractivity contribution in [3.63, 3.8) is 0 Å². The minimum Gasteiger partial charge on any atom is -0.312 e. The molecule has 4 heterocycles. The molecular formula is C16H16F3N3OS. The first-order valence-corrected chi connectivity index (χ1v) is 8.72. The molecule has 0 amide bonds. The van der Waals surface area contributed by atoms with E-state index in [1.165, 1.54) is 0 Å². The highest BCUT2D eigenvalue weighted by Crippen LogP contribution is 2.36. The third-order valence-electron chi connectivity index (χ3n) is 4.76. The van der Waals surface area contributed by atoms with Gasteiger partial charge in [0.15, 0.2) is 5.69 Å². The molecule has 2 aliphatic heterocycles. The first kappa shape index (κ1) is 15.8. The first-order chi connectivity index (χ1) is 11.4. The Morgan fingerprint density at radius 3 is 2.83 bits per heavy atom. The Kier molecular flexibility index (Phi) is 3.76. The zero-order chi connectivity index (χ0) is 16.9. The van der Waals surface area contributed by atoms with Crippen molar-refractivity contribution in [2.45, 2.75) is 31.6 Å². The smallest absolute Gasteiger partial charge is 0.312 e. The summed E-state index contributed by atoms with van der Waals surface area (Å²) in [7, 11) is 0. The first-order valence-electron chi connectivity index (χ1n) is 7.84. The summed E-state index contributed by atoms with van der Waals surface area (Å²) < 4.78 is 39.9. The summed E-state index contributed by atoms with van der Waals surface area (Å²) in [6.07, 6.45) is -3.35. The van der Waals surface area contributed by atoms with Gasteiger partial charge in [-0.05, 0) is 18.4 Å². The van der Waals surface area contributed by atoms with E-state index in [0.717, 1.165) is 41.9 Å². The summed E-state index contributed by atoms with van der Waals surface area (Å²) in [4.78, 5) is 17.9. The van der Waals surface area contributed by atoms with E-state index < -0.39 is 11.9 Å². The van der Waals surface area contributed by atoms with Crippen molar-refractivity contribution in [1.29, 1.82) is 0 Å². The largest absolute Gasteiger partial charge is 0.434 e. The van der Waals surface area contributed by atoms with Crippen molar-refractivity contribution >= 4 is 11.3 Å². The van der Waals surface area contributed by atoms with E-state index in [4.69, 9.17) is 0 Å². The van der Waals surface area contributed by atoms with E-state index in [1.54, 1.807) is 12.1 Å². The van der Waals surface area contributed by atoms with Crippen LogP contribution >= 0.6 is 11.3 Å². The van der Waals surface area contributed by atoms with Crippen LogP contribution in [0.2, 0.25) is 0 Å². The molecule has 2 aromatic rings. The van der Waals surface area contributed by atoms with Crippen molar-refractivity contribution < 1.29 is 13.2 Å². The molecule has 0 aliphatic carbocycles. The molecule has 4 rings (SSSR count). The zero-order valence-corrected chi connectivity index (χ0v) is 13.6. The molecule has 4 nitrogen and oxygen atoms in total. The molecule has 0 saturated carbocycles. The molecule has 0 N–H and O–H groups in total. The molecule has 0 unspecified atom stereocenters. The van der Waals surface area contributed by atoms with E-state index in [2.05, 4.69) is 9.88 Å². The highest BCUT2D eigenvalue weighted by molar-refractivity contribution is 7.09. The molecule has 24 heavy (non-hydrogen) atoms. The third-order valence-corrected chi connectivity index (χ3v) is 5.59. The van der Waals surface area contributed by atoms with Crippen LogP contribution in [0.15, 0.2) is 28.4 Å². The van der Waals surface area contributed by atoms with Crippen LogP contribution in [0, 0.1) is 5.92 Å². The molecule has 8 heteroatoms. The summed E-state index contributed by atoms with van der Waals surface area (Å²) in [5, 5.41) is 1.57. The number of thiazole rings is 1. The number of alkyl halides is 3. The van der Waals surface area contributed by atoms with Gasteiger partial charge in [0.1, 0.15) is 5.01 Å². The van der Waals surface area contributed by atoms with Crippen molar-refractivity contribution in [1.82, 2.24) is 14.5 Å². The molecule has 2 bridgehead atoms. The summed E-state index contributed by atoms with van der Waals surface area (Å²) in [6, 6.07) is 5.34. The van der Waals surface area contributed by atoms with Crippen molar-refractivity contribution in [2.24, 2.45) is 5.92 Å². The summed E-state index contributed by atoms with van der Waals surface area (Å²) in [5.74, 6) is 0.617. The fourth-order valence-electron chi connectivity index (χ4n) is 3.83. The maximum atomic E-state index is 12.7. The Balaban J connectivity index is 1.52. The second-order valence-corrected chi connectivity index (χ2v) is 7.46. The third kappa shape index (κ3) is 2.88. The summed E-state index contributed by atoms with van der Waals surface area (Å²) in [5.41, 5.74) is 0.264. The van der Waals surface area contributed by atoms with Gasteiger partial charge in [0.05, 0.1) is 6.54 Å². The van der Waals surface area contributed by atoms with E-state index in [-0.39, 0.29) is 11.5 Å². The zero-order valence-electron chi connectivity index (χ0n) is 12.8. The van der Waals surface area contributed by atoms with E-state index in [9.17, 15) is 18.0 Å². The van der Waals surface area contributed by atoms with Gasteiger partial charge in [0.25, 0.3) is 5.56 Å². The highest BCUT2D eigenvalue weighted by Gasteiger charge is 2.36. The van der Waals surface area contributed by atoms with E-state index >= 15 is 0 Å². The van der Waals surface area contributed by atoms with E-state index in [1.807, 2.05) is 10.6 Å². The standard InChI is InChI=1S/C16H16F3N3OS/c17-16(18,19)13-9-24-14(20-13)8-21-5-10-4-11(7-21)12-2-1-3-15(23)22(12)6-10/h1-3,9-11H,4-8H2/t10-,11+/m0/s1. The predicted octanol–water partition coefficient (Wildman–Crippen LogP) is 2.94. The number of pyridine rings is 1. The van der Waals surface area contributed by atoms with Crippen LogP contribution in [0.5, 0.6) is 0 Å².